The van der Waals surface area contributed by atoms with E-state index in [-0.39, 0.29) is 12.5 Å². The fourth-order valence-electron chi connectivity index (χ4n) is 4.23. The quantitative estimate of drug-likeness (QED) is 0.378. The van der Waals surface area contributed by atoms with Crippen LogP contribution in [0.5, 0.6) is 11.5 Å². The predicted molar refractivity (Wildman–Crippen MR) is 119 cm³/mol. The van der Waals surface area contributed by atoms with Crippen molar-refractivity contribution in [1.29, 1.82) is 0 Å². The smallest absolute Gasteiger partial charge is 0.417 e. The molecular formula is C25H27F4N3O2. The molecule has 0 bridgehead atoms. The van der Waals surface area contributed by atoms with Gasteiger partial charge in [-0.1, -0.05) is 6.92 Å². The van der Waals surface area contributed by atoms with Gasteiger partial charge in [0.15, 0.2) is 11.5 Å². The molecule has 2 heterocycles. The minimum atomic E-state index is -4.43. The highest BCUT2D eigenvalue weighted by Gasteiger charge is 2.35. The second kappa shape index (κ2) is 9.64. The zero-order valence-electron chi connectivity index (χ0n) is 19.1. The maximum atomic E-state index is 14.5. The number of imidazole rings is 1. The van der Waals surface area contributed by atoms with Crippen molar-refractivity contribution in [3.8, 4) is 22.8 Å². The summed E-state index contributed by atoms with van der Waals surface area (Å²) < 4.78 is 63.8. The highest BCUT2D eigenvalue weighted by Crippen LogP contribution is 2.41. The Hall–Kier alpha value is -3.10. The van der Waals surface area contributed by atoms with Crippen molar-refractivity contribution in [2.75, 3.05) is 7.11 Å². The number of methoxy groups -OCH3 is 1. The van der Waals surface area contributed by atoms with Crippen LogP contribution in [0.1, 0.15) is 62.0 Å². The molecule has 1 aliphatic carbocycles. The zero-order chi connectivity index (χ0) is 24.3. The lowest BCUT2D eigenvalue weighted by Gasteiger charge is -2.32. The van der Waals surface area contributed by atoms with Crippen LogP contribution in [0.25, 0.3) is 11.3 Å². The maximum Gasteiger partial charge on any atom is 0.417 e. The van der Waals surface area contributed by atoms with Crippen LogP contribution in [0.15, 0.2) is 42.7 Å². The highest BCUT2D eigenvalue weighted by molar-refractivity contribution is 5.63. The number of aromatic nitrogens is 3. The van der Waals surface area contributed by atoms with Crippen LogP contribution >= 0.6 is 0 Å². The molecule has 1 aromatic carbocycles. The molecule has 0 unspecified atom stereocenters. The Morgan fingerprint density at radius 1 is 1.12 bits per heavy atom. The zero-order valence-corrected chi connectivity index (χ0v) is 19.1. The average Bonchev–Trinajstić information content (AvgIpc) is 3.33. The summed E-state index contributed by atoms with van der Waals surface area (Å²) in [5.74, 6) is 1.98. The molecule has 0 saturated heterocycles. The van der Waals surface area contributed by atoms with Crippen LogP contribution in [0, 0.1) is 0 Å². The average molecular weight is 478 g/mol. The normalized spacial score (nSPS) is 20.8. The first kappa shape index (κ1) is 24.0. The number of alkyl halides is 4. The molecule has 34 heavy (non-hydrogen) atoms. The van der Waals surface area contributed by atoms with Gasteiger partial charge >= 0.3 is 6.18 Å². The van der Waals surface area contributed by atoms with Gasteiger partial charge in [0, 0.05) is 23.9 Å². The Morgan fingerprint density at radius 3 is 2.50 bits per heavy atom. The molecule has 0 spiro atoms. The Labute approximate surface area is 195 Å². The molecule has 5 nitrogen and oxygen atoms in total. The number of rotatable bonds is 7. The first-order valence-corrected chi connectivity index (χ1v) is 11.3. The number of nitrogens with one attached hydrogen (secondary N) is 1. The van der Waals surface area contributed by atoms with E-state index < -0.39 is 17.4 Å². The van der Waals surface area contributed by atoms with Gasteiger partial charge in [-0.25, -0.2) is 9.37 Å². The summed E-state index contributed by atoms with van der Waals surface area (Å²) in [7, 11) is 1.51. The van der Waals surface area contributed by atoms with Crippen molar-refractivity contribution >= 4 is 0 Å². The number of nitrogens with zero attached hydrogens (tertiary/aromatic N) is 2. The molecule has 4 rings (SSSR count). The van der Waals surface area contributed by atoms with Gasteiger partial charge in [-0.2, -0.15) is 13.2 Å². The summed E-state index contributed by atoms with van der Waals surface area (Å²) in [4.78, 5) is 11.8. The lowest BCUT2D eigenvalue weighted by Crippen LogP contribution is -2.28. The van der Waals surface area contributed by atoms with Crippen LogP contribution in [0.2, 0.25) is 0 Å². The van der Waals surface area contributed by atoms with Crippen LogP contribution in [0.3, 0.4) is 0 Å². The standard InChI is InChI=1S/C25H27F4N3O2/c1-3-24(26)10-8-16(9-11-24)23-31-14-20(32-23)17-4-7-21(22(12-17)33-2)34-15-19-6-5-18(13-30-19)25(27,28)29/h4-7,12-14,16H,3,8-11,15H2,1-2H3,(H,31,32). The molecule has 0 amide bonds. The van der Waals surface area contributed by atoms with Crippen LogP contribution in [0.4, 0.5) is 17.6 Å². The minimum Gasteiger partial charge on any atom is -0.493 e. The molecule has 1 N–H and O–H groups in total. The van der Waals surface area contributed by atoms with Crippen molar-refractivity contribution in [2.24, 2.45) is 0 Å². The van der Waals surface area contributed by atoms with Gasteiger partial charge in [0.2, 0.25) is 0 Å². The fourth-order valence-corrected chi connectivity index (χ4v) is 4.23. The van der Waals surface area contributed by atoms with Crippen molar-refractivity contribution in [3.05, 3.63) is 59.8 Å². The molecule has 3 aromatic rings. The topological polar surface area (TPSA) is 60.0 Å². The van der Waals surface area contributed by atoms with E-state index in [1.807, 2.05) is 19.2 Å². The lowest BCUT2D eigenvalue weighted by atomic mass is 9.78. The molecule has 0 radical (unpaired) electrons. The van der Waals surface area contributed by atoms with Crippen molar-refractivity contribution in [3.63, 3.8) is 0 Å². The fraction of sp³-hybridized carbons (Fsp3) is 0.440. The number of hydrogen-bond donors (Lipinski definition) is 1. The summed E-state index contributed by atoms with van der Waals surface area (Å²) in [6.45, 7) is 1.89. The van der Waals surface area contributed by atoms with E-state index in [1.54, 1.807) is 12.1 Å². The number of benzene rings is 1. The van der Waals surface area contributed by atoms with Crippen molar-refractivity contribution in [1.82, 2.24) is 15.0 Å². The molecule has 0 aliphatic heterocycles. The van der Waals surface area contributed by atoms with Crippen LogP contribution in [-0.2, 0) is 12.8 Å². The lowest BCUT2D eigenvalue weighted by molar-refractivity contribution is -0.137. The molecule has 182 valence electrons. The van der Waals surface area contributed by atoms with Gasteiger partial charge < -0.3 is 14.5 Å². The van der Waals surface area contributed by atoms with Crippen molar-refractivity contribution < 1.29 is 27.0 Å². The highest BCUT2D eigenvalue weighted by atomic mass is 19.4. The summed E-state index contributed by atoms with van der Waals surface area (Å²) in [6.07, 6.45) is 1.38. The Balaban J connectivity index is 1.42. The third kappa shape index (κ3) is 5.34. The largest absolute Gasteiger partial charge is 0.493 e. The Bertz CT molecular complexity index is 1100. The molecule has 1 fully saturated rings. The van der Waals surface area contributed by atoms with E-state index in [0.717, 1.165) is 42.2 Å². The number of halogens is 4. The van der Waals surface area contributed by atoms with Gasteiger partial charge in [0.1, 0.15) is 18.1 Å². The van der Waals surface area contributed by atoms with E-state index in [1.165, 1.54) is 13.2 Å². The van der Waals surface area contributed by atoms with E-state index in [0.29, 0.717) is 36.5 Å². The summed E-state index contributed by atoms with van der Waals surface area (Å²) in [5.41, 5.74) is 0.0776. The van der Waals surface area contributed by atoms with E-state index in [9.17, 15) is 17.6 Å². The molecular weight excluding hydrogens is 450 g/mol. The number of hydrogen-bond acceptors (Lipinski definition) is 4. The number of ether oxygens (including phenoxy) is 2. The first-order chi connectivity index (χ1) is 16.2. The molecule has 2 aromatic heterocycles. The second-order valence-corrected chi connectivity index (χ2v) is 8.64. The van der Waals surface area contributed by atoms with E-state index >= 15 is 0 Å². The monoisotopic (exact) mass is 477 g/mol. The third-order valence-electron chi connectivity index (χ3n) is 6.49. The Morgan fingerprint density at radius 2 is 1.88 bits per heavy atom. The molecule has 1 saturated carbocycles. The van der Waals surface area contributed by atoms with Gasteiger partial charge in [-0.3, -0.25) is 4.98 Å². The van der Waals surface area contributed by atoms with Gasteiger partial charge in [-0.15, -0.1) is 0 Å². The summed E-state index contributed by atoms with van der Waals surface area (Å²) in [5, 5.41) is 0. The summed E-state index contributed by atoms with van der Waals surface area (Å²) in [6, 6.07) is 7.62. The molecule has 1 aliphatic rings. The minimum absolute atomic E-state index is 0.00407. The van der Waals surface area contributed by atoms with Crippen LogP contribution < -0.4 is 9.47 Å². The number of aromatic amines is 1. The van der Waals surface area contributed by atoms with Gasteiger partial charge in [-0.05, 0) is 62.4 Å². The predicted octanol–water partition coefficient (Wildman–Crippen LogP) is 6.85. The third-order valence-corrected chi connectivity index (χ3v) is 6.49. The van der Waals surface area contributed by atoms with E-state index in [4.69, 9.17) is 14.5 Å². The second-order valence-electron chi connectivity index (χ2n) is 8.64. The number of pyridine rings is 1. The Kier molecular flexibility index (Phi) is 6.81. The molecule has 9 heteroatoms. The summed E-state index contributed by atoms with van der Waals surface area (Å²) >= 11 is 0. The van der Waals surface area contributed by atoms with Crippen molar-refractivity contribution in [2.45, 2.75) is 63.4 Å². The van der Waals surface area contributed by atoms with Gasteiger partial charge in [0.05, 0.1) is 24.1 Å². The van der Waals surface area contributed by atoms with Gasteiger partial charge in [0.25, 0.3) is 0 Å². The SMILES string of the molecule is CCC1(F)CCC(c2nc(-c3ccc(OCc4ccc(C(F)(F)F)cn4)c(OC)c3)c[nH]2)CC1. The molecule has 0 atom stereocenters. The van der Waals surface area contributed by atoms with E-state index in [2.05, 4.69) is 9.97 Å². The van der Waals surface area contributed by atoms with Crippen LogP contribution in [-0.4, -0.2) is 27.7 Å². The maximum absolute atomic E-state index is 14.5. The first-order valence-electron chi connectivity index (χ1n) is 11.3. The number of H-pyrrole nitrogens is 1.